The Labute approximate surface area is 105 Å². The lowest BCUT2D eigenvalue weighted by atomic mass is 9.85. The molecule has 0 bridgehead atoms. The topological polar surface area (TPSA) is 68.0 Å². The third kappa shape index (κ3) is 2.50. The van der Waals surface area contributed by atoms with Crippen LogP contribution in [0.5, 0.6) is 0 Å². The summed E-state index contributed by atoms with van der Waals surface area (Å²) < 4.78 is 1.98. The molecule has 0 saturated carbocycles. The molecule has 96 valence electrons. The molecule has 0 aliphatic rings. The van der Waals surface area contributed by atoms with Gasteiger partial charge in [0.15, 0.2) is 5.65 Å². The number of carboxylic acids is 1. The molecule has 1 N–H and O–H groups in total. The van der Waals surface area contributed by atoms with E-state index < -0.39 is 5.97 Å². The van der Waals surface area contributed by atoms with Crippen molar-refractivity contribution in [3.05, 3.63) is 24.2 Å². The van der Waals surface area contributed by atoms with Crippen molar-refractivity contribution in [3.8, 4) is 0 Å². The van der Waals surface area contributed by atoms with Gasteiger partial charge in [0.05, 0.1) is 11.9 Å². The van der Waals surface area contributed by atoms with Crippen molar-refractivity contribution in [3.63, 3.8) is 0 Å². The predicted octanol–water partition coefficient (Wildman–Crippen LogP) is 2.01. The quantitative estimate of drug-likeness (QED) is 0.897. The summed E-state index contributed by atoms with van der Waals surface area (Å²) in [5, 5.41) is 8.90. The Morgan fingerprint density at radius 2 is 2.22 bits per heavy atom. The largest absolute Gasteiger partial charge is 0.481 e. The summed E-state index contributed by atoms with van der Waals surface area (Å²) in [6.07, 6.45) is 2.46. The number of fused-ring (bicyclic) bond motifs is 1. The van der Waals surface area contributed by atoms with Crippen LogP contribution in [0.15, 0.2) is 18.3 Å². The van der Waals surface area contributed by atoms with Crippen LogP contribution in [0.4, 0.5) is 0 Å². The van der Waals surface area contributed by atoms with E-state index in [-0.39, 0.29) is 11.8 Å². The molecular weight excluding hydrogens is 230 g/mol. The summed E-state index contributed by atoms with van der Waals surface area (Å²) in [4.78, 5) is 19.5. The first-order valence-electron chi connectivity index (χ1n) is 5.87. The second-order valence-corrected chi connectivity index (χ2v) is 5.34. The van der Waals surface area contributed by atoms with Crippen molar-refractivity contribution in [2.75, 3.05) is 0 Å². The molecule has 2 aromatic rings. The van der Waals surface area contributed by atoms with Crippen molar-refractivity contribution in [1.29, 1.82) is 0 Å². The number of carboxylic acid groups (broad SMARTS) is 1. The number of aromatic nitrogens is 3. The maximum atomic E-state index is 10.8. The van der Waals surface area contributed by atoms with E-state index in [0.29, 0.717) is 12.1 Å². The molecule has 0 saturated heterocycles. The van der Waals surface area contributed by atoms with Gasteiger partial charge in [0.25, 0.3) is 0 Å². The molecule has 0 aliphatic heterocycles. The Hall–Kier alpha value is -1.91. The van der Waals surface area contributed by atoms with Gasteiger partial charge in [-0.25, -0.2) is 9.97 Å². The third-order valence-corrected chi connectivity index (χ3v) is 3.02. The highest BCUT2D eigenvalue weighted by Crippen LogP contribution is 2.26. The average molecular weight is 247 g/mol. The minimum Gasteiger partial charge on any atom is -0.481 e. The number of rotatable bonds is 4. The van der Waals surface area contributed by atoms with Crippen molar-refractivity contribution < 1.29 is 9.90 Å². The number of hydrogen-bond donors (Lipinski definition) is 1. The number of nitrogens with zero attached hydrogens (tertiary/aromatic N) is 3. The number of pyridine rings is 1. The summed E-state index contributed by atoms with van der Waals surface area (Å²) in [6, 6.07) is 3.83. The van der Waals surface area contributed by atoms with E-state index in [4.69, 9.17) is 5.11 Å². The van der Waals surface area contributed by atoms with Crippen molar-refractivity contribution in [2.24, 2.45) is 12.5 Å². The van der Waals surface area contributed by atoms with E-state index >= 15 is 0 Å². The van der Waals surface area contributed by atoms with Gasteiger partial charge in [-0.15, -0.1) is 0 Å². The minimum absolute atomic E-state index is 0.129. The van der Waals surface area contributed by atoms with Crippen LogP contribution in [0.3, 0.4) is 0 Å². The van der Waals surface area contributed by atoms with Crippen LogP contribution >= 0.6 is 0 Å². The maximum Gasteiger partial charge on any atom is 0.303 e. The van der Waals surface area contributed by atoms with E-state index in [0.717, 1.165) is 11.3 Å². The zero-order chi connectivity index (χ0) is 13.3. The number of imidazole rings is 1. The Kier molecular flexibility index (Phi) is 3.07. The Morgan fingerprint density at radius 3 is 2.83 bits per heavy atom. The fourth-order valence-corrected chi connectivity index (χ4v) is 2.13. The summed E-state index contributed by atoms with van der Waals surface area (Å²) >= 11 is 0. The van der Waals surface area contributed by atoms with E-state index in [1.165, 1.54) is 0 Å². The Morgan fingerprint density at radius 1 is 1.50 bits per heavy atom. The van der Waals surface area contributed by atoms with Gasteiger partial charge in [0, 0.05) is 19.7 Å². The van der Waals surface area contributed by atoms with Gasteiger partial charge in [0.1, 0.15) is 5.82 Å². The highest BCUT2D eigenvalue weighted by molar-refractivity contribution is 5.71. The van der Waals surface area contributed by atoms with Crippen molar-refractivity contribution in [2.45, 2.75) is 26.7 Å². The molecule has 2 heterocycles. The summed E-state index contributed by atoms with van der Waals surface area (Å²) in [5.41, 5.74) is 1.36. The van der Waals surface area contributed by atoms with Gasteiger partial charge in [0.2, 0.25) is 0 Å². The number of aliphatic carboxylic acids is 1. The van der Waals surface area contributed by atoms with E-state index in [9.17, 15) is 4.79 Å². The van der Waals surface area contributed by atoms with E-state index in [1.54, 1.807) is 6.20 Å². The fraction of sp³-hybridized carbons (Fsp3) is 0.462. The van der Waals surface area contributed by atoms with Gasteiger partial charge in [-0.2, -0.15) is 0 Å². The SMILES string of the molecule is Cn1c(CC(C)(C)CC(=O)O)nc2ncccc21. The zero-order valence-electron chi connectivity index (χ0n) is 10.8. The first-order chi connectivity index (χ1) is 8.39. The number of hydrogen-bond acceptors (Lipinski definition) is 3. The molecule has 0 aromatic carbocycles. The smallest absolute Gasteiger partial charge is 0.303 e. The Bertz CT molecular complexity index is 587. The predicted molar refractivity (Wildman–Crippen MR) is 68.2 cm³/mol. The molecule has 0 spiro atoms. The summed E-state index contributed by atoms with van der Waals surface area (Å²) in [7, 11) is 1.93. The second kappa shape index (κ2) is 4.40. The van der Waals surface area contributed by atoms with Crippen LogP contribution in [-0.2, 0) is 18.3 Å². The molecule has 0 unspecified atom stereocenters. The van der Waals surface area contributed by atoms with Crippen LogP contribution in [0.25, 0.3) is 11.2 Å². The lowest BCUT2D eigenvalue weighted by Gasteiger charge is -2.21. The second-order valence-electron chi connectivity index (χ2n) is 5.34. The van der Waals surface area contributed by atoms with Gasteiger partial charge >= 0.3 is 5.97 Å². The van der Waals surface area contributed by atoms with Crippen LogP contribution in [-0.4, -0.2) is 25.6 Å². The molecule has 18 heavy (non-hydrogen) atoms. The van der Waals surface area contributed by atoms with E-state index in [1.807, 2.05) is 37.6 Å². The molecule has 5 heteroatoms. The highest BCUT2D eigenvalue weighted by atomic mass is 16.4. The maximum absolute atomic E-state index is 10.8. The molecule has 0 fully saturated rings. The molecule has 5 nitrogen and oxygen atoms in total. The van der Waals surface area contributed by atoms with Crippen LogP contribution < -0.4 is 0 Å². The molecule has 0 amide bonds. The first kappa shape index (κ1) is 12.5. The standard InChI is InChI=1S/C13H17N3O2/c1-13(2,8-11(17)18)7-10-15-12-9(16(10)3)5-4-6-14-12/h4-6H,7-8H2,1-3H3,(H,17,18). The molecule has 0 radical (unpaired) electrons. The third-order valence-electron chi connectivity index (χ3n) is 3.02. The summed E-state index contributed by atoms with van der Waals surface area (Å²) in [6.45, 7) is 3.88. The van der Waals surface area contributed by atoms with Gasteiger partial charge in [-0.05, 0) is 17.5 Å². The minimum atomic E-state index is -0.781. The molecule has 2 aromatic heterocycles. The van der Waals surface area contributed by atoms with Crippen molar-refractivity contribution >= 4 is 17.1 Å². The van der Waals surface area contributed by atoms with Gasteiger partial charge in [-0.1, -0.05) is 13.8 Å². The molecule has 0 atom stereocenters. The number of aryl methyl sites for hydroxylation is 1. The first-order valence-corrected chi connectivity index (χ1v) is 5.87. The fourth-order valence-electron chi connectivity index (χ4n) is 2.13. The zero-order valence-corrected chi connectivity index (χ0v) is 10.8. The lowest BCUT2D eigenvalue weighted by Crippen LogP contribution is -2.21. The Balaban J connectivity index is 2.32. The molecule has 2 rings (SSSR count). The summed E-state index contributed by atoms with van der Waals surface area (Å²) in [5.74, 6) is 0.0897. The lowest BCUT2D eigenvalue weighted by molar-refractivity contribution is -0.139. The van der Waals surface area contributed by atoms with Crippen LogP contribution in [0, 0.1) is 5.41 Å². The average Bonchev–Trinajstić information content (AvgIpc) is 2.54. The van der Waals surface area contributed by atoms with Gasteiger partial charge < -0.3 is 9.67 Å². The normalized spacial score (nSPS) is 11.9. The van der Waals surface area contributed by atoms with Crippen LogP contribution in [0.2, 0.25) is 0 Å². The van der Waals surface area contributed by atoms with E-state index in [2.05, 4.69) is 9.97 Å². The van der Waals surface area contributed by atoms with Crippen LogP contribution in [0.1, 0.15) is 26.1 Å². The number of carbonyl (C=O) groups is 1. The van der Waals surface area contributed by atoms with Crippen molar-refractivity contribution in [1.82, 2.24) is 14.5 Å². The molecular formula is C13H17N3O2. The monoisotopic (exact) mass is 247 g/mol. The molecule has 0 aliphatic carbocycles. The van der Waals surface area contributed by atoms with Gasteiger partial charge in [-0.3, -0.25) is 4.79 Å². The highest BCUT2D eigenvalue weighted by Gasteiger charge is 2.25.